The lowest BCUT2D eigenvalue weighted by Gasteiger charge is -2.27. The first-order chi connectivity index (χ1) is 7.68. The Morgan fingerprint density at radius 2 is 2.00 bits per heavy atom. The SMILES string of the molecule is CC(N)CCCCN(C)CC1CCOCC1. The van der Waals surface area contributed by atoms with E-state index in [2.05, 4.69) is 18.9 Å². The van der Waals surface area contributed by atoms with Crippen molar-refractivity contribution in [2.75, 3.05) is 33.4 Å². The smallest absolute Gasteiger partial charge is 0.0469 e. The van der Waals surface area contributed by atoms with Crippen LogP contribution < -0.4 is 5.73 Å². The fourth-order valence-corrected chi connectivity index (χ4v) is 2.31. The molecule has 96 valence electrons. The molecule has 16 heavy (non-hydrogen) atoms. The van der Waals surface area contributed by atoms with Gasteiger partial charge in [0.05, 0.1) is 0 Å². The standard InChI is InChI=1S/C13H28N2O/c1-12(14)5-3-4-8-15(2)11-13-6-9-16-10-7-13/h12-13H,3-11,14H2,1-2H3. The molecule has 0 aromatic rings. The van der Waals surface area contributed by atoms with Gasteiger partial charge in [-0.3, -0.25) is 0 Å². The first-order valence-corrected chi connectivity index (χ1v) is 6.70. The largest absolute Gasteiger partial charge is 0.381 e. The van der Waals surface area contributed by atoms with Gasteiger partial charge < -0.3 is 15.4 Å². The molecular weight excluding hydrogens is 200 g/mol. The van der Waals surface area contributed by atoms with Crippen LogP contribution in [0.3, 0.4) is 0 Å². The van der Waals surface area contributed by atoms with Gasteiger partial charge in [-0.25, -0.2) is 0 Å². The van der Waals surface area contributed by atoms with Crippen molar-refractivity contribution in [2.45, 2.75) is 45.1 Å². The molecule has 1 heterocycles. The average Bonchev–Trinajstić information content (AvgIpc) is 2.25. The van der Waals surface area contributed by atoms with E-state index in [1.807, 2.05) is 0 Å². The number of rotatable bonds is 7. The van der Waals surface area contributed by atoms with Crippen molar-refractivity contribution in [3.05, 3.63) is 0 Å². The van der Waals surface area contributed by atoms with Crippen molar-refractivity contribution >= 4 is 0 Å². The molecule has 3 nitrogen and oxygen atoms in total. The summed E-state index contributed by atoms with van der Waals surface area (Å²) >= 11 is 0. The molecule has 1 aliphatic heterocycles. The molecule has 0 aliphatic carbocycles. The normalized spacial score (nSPS) is 20.2. The second-order valence-corrected chi connectivity index (χ2v) is 5.29. The molecule has 0 saturated carbocycles. The third kappa shape index (κ3) is 6.46. The van der Waals surface area contributed by atoms with E-state index < -0.39 is 0 Å². The molecular formula is C13H28N2O. The van der Waals surface area contributed by atoms with Gasteiger partial charge >= 0.3 is 0 Å². The summed E-state index contributed by atoms with van der Waals surface area (Å²) in [6.45, 7) is 6.46. The van der Waals surface area contributed by atoms with E-state index in [0.717, 1.165) is 25.6 Å². The maximum absolute atomic E-state index is 5.73. The van der Waals surface area contributed by atoms with Gasteiger partial charge in [-0.2, -0.15) is 0 Å². The van der Waals surface area contributed by atoms with Crippen LogP contribution in [0.1, 0.15) is 39.0 Å². The Morgan fingerprint density at radius 3 is 2.62 bits per heavy atom. The summed E-state index contributed by atoms with van der Waals surface area (Å²) in [5.74, 6) is 0.854. The monoisotopic (exact) mass is 228 g/mol. The van der Waals surface area contributed by atoms with Gasteiger partial charge in [-0.05, 0) is 52.1 Å². The van der Waals surface area contributed by atoms with E-state index in [1.165, 1.54) is 38.8 Å². The van der Waals surface area contributed by atoms with Crippen molar-refractivity contribution in [2.24, 2.45) is 11.7 Å². The van der Waals surface area contributed by atoms with E-state index in [1.54, 1.807) is 0 Å². The lowest BCUT2D eigenvalue weighted by atomic mass is 10.00. The zero-order chi connectivity index (χ0) is 11.8. The van der Waals surface area contributed by atoms with Crippen LogP contribution in [0.4, 0.5) is 0 Å². The summed E-state index contributed by atoms with van der Waals surface area (Å²) in [5.41, 5.74) is 5.73. The first kappa shape index (κ1) is 13.9. The Morgan fingerprint density at radius 1 is 1.31 bits per heavy atom. The Bertz CT molecular complexity index is 167. The highest BCUT2D eigenvalue weighted by Gasteiger charge is 2.15. The molecule has 1 aliphatic rings. The van der Waals surface area contributed by atoms with Gasteiger partial charge in [0.2, 0.25) is 0 Å². The van der Waals surface area contributed by atoms with E-state index >= 15 is 0 Å². The number of nitrogens with two attached hydrogens (primary N) is 1. The molecule has 1 unspecified atom stereocenters. The molecule has 1 fully saturated rings. The summed E-state index contributed by atoms with van der Waals surface area (Å²) in [6.07, 6.45) is 6.18. The molecule has 1 saturated heterocycles. The summed E-state index contributed by atoms with van der Waals surface area (Å²) < 4.78 is 5.37. The van der Waals surface area contributed by atoms with Crippen LogP contribution in [-0.2, 0) is 4.74 Å². The molecule has 0 aromatic carbocycles. The number of nitrogens with zero attached hydrogens (tertiary/aromatic N) is 1. The Balaban J connectivity index is 1.99. The van der Waals surface area contributed by atoms with Crippen LogP contribution in [-0.4, -0.2) is 44.3 Å². The van der Waals surface area contributed by atoms with Crippen molar-refractivity contribution in [3.63, 3.8) is 0 Å². The predicted octanol–water partition coefficient (Wildman–Crippen LogP) is 1.86. The highest BCUT2D eigenvalue weighted by Crippen LogP contribution is 2.15. The van der Waals surface area contributed by atoms with Crippen molar-refractivity contribution in [3.8, 4) is 0 Å². The molecule has 2 N–H and O–H groups in total. The second-order valence-electron chi connectivity index (χ2n) is 5.29. The molecule has 0 amide bonds. The average molecular weight is 228 g/mol. The highest BCUT2D eigenvalue weighted by molar-refractivity contribution is 4.67. The number of hydrogen-bond acceptors (Lipinski definition) is 3. The zero-order valence-corrected chi connectivity index (χ0v) is 11.0. The Kier molecular flexibility index (Phi) is 7.01. The summed E-state index contributed by atoms with van der Waals surface area (Å²) in [7, 11) is 2.24. The van der Waals surface area contributed by atoms with Gasteiger partial charge in [-0.15, -0.1) is 0 Å². The third-order valence-corrected chi connectivity index (χ3v) is 3.36. The number of unbranched alkanes of at least 4 members (excludes halogenated alkanes) is 1. The fourth-order valence-electron chi connectivity index (χ4n) is 2.31. The lowest BCUT2D eigenvalue weighted by Crippen LogP contribution is -2.30. The minimum Gasteiger partial charge on any atom is -0.381 e. The molecule has 1 atom stereocenters. The predicted molar refractivity (Wildman–Crippen MR) is 68.5 cm³/mol. The Labute approximate surface area is 100 Å². The van der Waals surface area contributed by atoms with E-state index in [0.29, 0.717) is 6.04 Å². The van der Waals surface area contributed by atoms with Gasteiger partial charge in [0.25, 0.3) is 0 Å². The van der Waals surface area contributed by atoms with E-state index in [4.69, 9.17) is 10.5 Å². The summed E-state index contributed by atoms with van der Waals surface area (Å²) in [5, 5.41) is 0. The van der Waals surface area contributed by atoms with Gasteiger partial charge in [0.15, 0.2) is 0 Å². The van der Waals surface area contributed by atoms with Crippen LogP contribution in [0.15, 0.2) is 0 Å². The third-order valence-electron chi connectivity index (χ3n) is 3.36. The van der Waals surface area contributed by atoms with E-state index in [-0.39, 0.29) is 0 Å². The van der Waals surface area contributed by atoms with Crippen LogP contribution in [0.2, 0.25) is 0 Å². The Hall–Kier alpha value is -0.120. The van der Waals surface area contributed by atoms with Crippen LogP contribution in [0.5, 0.6) is 0 Å². The van der Waals surface area contributed by atoms with Gasteiger partial charge in [0, 0.05) is 25.8 Å². The topological polar surface area (TPSA) is 38.5 Å². The highest BCUT2D eigenvalue weighted by atomic mass is 16.5. The van der Waals surface area contributed by atoms with Crippen molar-refractivity contribution in [1.29, 1.82) is 0 Å². The molecule has 3 heteroatoms. The molecule has 0 bridgehead atoms. The van der Waals surface area contributed by atoms with E-state index in [9.17, 15) is 0 Å². The molecule has 0 radical (unpaired) electrons. The van der Waals surface area contributed by atoms with Crippen LogP contribution in [0, 0.1) is 5.92 Å². The van der Waals surface area contributed by atoms with Gasteiger partial charge in [0.1, 0.15) is 0 Å². The minimum atomic E-state index is 0.362. The molecule has 1 rings (SSSR count). The van der Waals surface area contributed by atoms with Crippen LogP contribution >= 0.6 is 0 Å². The maximum Gasteiger partial charge on any atom is 0.0469 e. The lowest BCUT2D eigenvalue weighted by molar-refractivity contribution is 0.0555. The minimum absolute atomic E-state index is 0.362. The van der Waals surface area contributed by atoms with Crippen molar-refractivity contribution < 1.29 is 4.74 Å². The maximum atomic E-state index is 5.73. The quantitative estimate of drug-likeness (QED) is 0.676. The molecule has 0 aromatic heterocycles. The second kappa shape index (κ2) is 8.04. The van der Waals surface area contributed by atoms with Gasteiger partial charge in [-0.1, -0.05) is 6.42 Å². The first-order valence-electron chi connectivity index (χ1n) is 6.70. The van der Waals surface area contributed by atoms with Crippen molar-refractivity contribution in [1.82, 2.24) is 4.90 Å². The number of hydrogen-bond donors (Lipinski definition) is 1. The van der Waals surface area contributed by atoms with Crippen LogP contribution in [0.25, 0.3) is 0 Å². The summed E-state index contributed by atoms with van der Waals surface area (Å²) in [6, 6.07) is 0.362. The number of ether oxygens (including phenoxy) is 1. The molecule has 0 spiro atoms. The fraction of sp³-hybridized carbons (Fsp3) is 1.00. The zero-order valence-electron chi connectivity index (χ0n) is 11.0. The summed E-state index contributed by atoms with van der Waals surface area (Å²) in [4.78, 5) is 2.47.